The minimum atomic E-state index is -1.06. The maximum atomic E-state index is 9.85. The molecule has 3 nitrogen and oxygen atoms in total. The van der Waals surface area contributed by atoms with Crippen molar-refractivity contribution in [1.29, 1.82) is 0 Å². The number of aliphatic hydroxyl groups is 1. The van der Waals surface area contributed by atoms with Crippen LogP contribution in [0.5, 0.6) is 0 Å². The Labute approximate surface area is 59.3 Å². The summed E-state index contributed by atoms with van der Waals surface area (Å²) in [7, 11) is 0. The van der Waals surface area contributed by atoms with Gasteiger partial charge in [-0.15, -0.1) is 5.73 Å². The topological polar surface area (TPSA) is 57.5 Å². The van der Waals surface area contributed by atoms with E-state index in [1.54, 1.807) is 6.92 Å². The van der Waals surface area contributed by atoms with Gasteiger partial charge in [0.05, 0.1) is 12.2 Å². The average molecular weight is 142 g/mol. The van der Waals surface area contributed by atoms with Crippen molar-refractivity contribution in [2.24, 2.45) is 0 Å². The Morgan fingerprint density at radius 2 is 2.40 bits per heavy atom. The molecule has 0 amide bonds. The van der Waals surface area contributed by atoms with Crippen molar-refractivity contribution in [3.05, 3.63) is 17.9 Å². The van der Waals surface area contributed by atoms with E-state index in [4.69, 9.17) is 10.2 Å². The number of hydrogen-bond donors (Lipinski definition) is 2. The van der Waals surface area contributed by atoms with Gasteiger partial charge in [0.25, 0.3) is 0 Å². The molecule has 0 saturated carbocycles. The van der Waals surface area contributed by atoms with Crippen LogP contribution in [0.3, 0.4) is 0 Å². The maximum absolute atomic E-state index is 9.85. The molecule has 0 radical (unpaired) electrons. The molecule has 2 N–H and O–H groups in total. The standard InChI is InChI=1S/C7H10O3/c1-2-6(8)4-3-5-7(9)10/h4-6,8H,2H2,1H3,(H,9,10). The van der Waals surface area contributed by atoms with Gasteiger partial charge in [0.1, 0.15) is 0 Å². The van der Waals surface area contributed by atoms with Gasteiger partial charge < -0.3 is 10.2 Å². The van der Waals surface area contributed by atoms with Crippen LogP contribution in [-0.4, -0.2) is 22.3 Å². The first kappa shape index (κ1) is 8.95. The van der Waals surface area contributed by atoms with Crippen LogP contribution in [0.1, 0.15) is 13.3 Å². The summed E-state index contributed by atoms with van der Waals surface area (Å²) < 4.78 is 0. The van der Waals surface area contributed by atoms with E-state index in [1.165, 1.54) is 6.08 Å². The first-order valence-electron chi connectivity index (χ1n) is 3.00. The van der Waals surface area contributed by atoms with Gasteiger partial charge in [-0.25, -0.2) is 4.79 Å². The van der Waals surface area contributed by atoms with Gasteiger partial charge in [-0.3, -0.25) is 0 Å². The van der Waals surface area contributed by atoms with Crippen LogP contribution >= 0.6 is 0 Å². The van der Waals surface area contributed by atoms with E-state index in [9.17, 15) is 4.79 Å². The van der Waals surface area contributed by atoms with Crippen LogP contribution in [0, 0.1) is 0 Å². The highest BCUT2D eigenvalue weighted by atomic mass is 16.4. The Balaban J connectivity index is 3.85. The quantitative estimate of drug-likeness (QED) is 0.447. The molecular formula is C7H10O3. The summed E-state index contributed by atoms with van der Waals surface area (Å²) in [4.78, 5) is 9.85. The van der Waals surface area contributed by atoms with Gasteiger partial charge in [-0.05, 0) is 12.5 Å². The van der Waals surface area contributed by atoms with Crippen molar-refractivity contribution in [3.63, 3.8) is 0 Å². The highest BCUT2D eigenvalue weighted by Gasteiger charge is 1.89. The Morgan fingerprint density at radius 1 is 1.80 bits per heavy atom. The lowest BCUT2D eigenvalue weighted by Crippen LogP contribution is -1.97. The predicted octanol–water partition coefficient (Wildman–Crippen LogP) is 0.553. The number of carboxylic acids is 1. The van der Waals surface area contributed by atoms with Crippen molar-refractivity contribution in [2.45, 2.75) is 19.4 Å². The normalized spacial score (nSPS) is 11.4. The fourth-order valence-electron chi connectivity index (χ4n) is 0.348. The molecule has 0 aliphatic carbocycles. The Morgan fingerprint density at radius 3 is 2.80 bits per heavy atom. The number of hydrogen-bond acceptors (Lipinski definition) is 2. The number of aliphatic carboxylic acids is 1. The first-order chi connectivity index (χ1) is 4.66. The zero-order chi connectivity index (χ0) is 7.98. The molecule has 10 heavy (non-hydrogen) atoms. The van der Waals surface area contributed by atoms with E-state index in [1.807, 2.05) is 0 Å². The van der Waals surface area contributed by atoms with E-state index in [2.05, 4.69) is 5.73 Å². The molecule has 0 heterocycles. The second-order valence-corrected chi connectivity index (χ2v) is 1.79. The summed E-state index contributed by atoms with van der Waals surface area (Å²) in [6.07, 6.45) is 2.16. The molecule has 1 unspecified atom stereocenters. The van der Waals surface area contributed by atoms with E-state index in [0.29, 0.717) is 6.42 Å². The lowest BCUT2D eigenvalue weighted by Gasteiger charge is -1.93. The molecule has 3 heteroatoms. The average Bonchev–Trinajstić information content (AvgIpc) is 1.87. The van der Waals surface area contributed by atoms with E-state index < -0.39 is 12.1 Å². The van der Waals surface area contributed by atoms with Gasteiger partial charge >= 0.3 is 5.97 Å². The fraction of sp³-hybridized carbons (Fsp3) is 0.429. The molecule has 0 aliphatic heterocycles. The van der Waals surface area contributed by atoms with Crippen molar-refractivity contribution < 1.29 is 15.0 Å². The van der Waals surface area contributed by atoms with Crippen LogP contribution in [0.15, 0.2) is 17.9 Å². The third-order valence-corrected chi connectivity index (χ3v) is 0.914. The third kappa shape index (κ3) is 5.09. The minimum absolute atomic E-state index is 0.570. The summed E-state index contributed by atoms with van der Waals surface area (Å²) in [5.74, 6) is -1.06. The van der Waals surface area contributed by atoms with Crippen molar-refractivity contribution >= 4 is 5.97 Å². The molecule has 0 spiro atoms. The Kier molecular flexibility index (Phi) is 4.29. The van der Waals surface area contributed by atoms with Crippen molar-refractivity contribution in [3.8, 4) is 0 Å². The molecule has 0 aliphatic rings. The monoisotopic (exact) mass is 142 g/mol. The zero-order valence-electron chi connectivity index (χ0n) is 5.74. The van der Waals surface area contributed by atoms with E-state index in [-0.39, 0.29) is 0 Å². The molecule has 1 atom stereocenters. The number of carboxylic acid groups (broad SMARTS) is 1. The predicted molar refractivity (Wildman–Crippen MR) is 36.6 cm³/mol. The van der Waals surface area contributed by atoms with Gasteiger partial charge in [0, 0.05) is 0 Å². The summed E-state index contributed by atoms with van der Waals surface area (Å²) in [6.45, 7) is 1.80. The Bertz CT molecular complexity index is 166. The van der Waals surface area contributed by atoms with Crippen LogP contribution in [0.4, 0.5) is 0 Å². The zero-order valence-corrected chi connectivity index (χ0v) is 5.74. The molecule has 0 aromatic heterocycles. The number of carbonyl (C=O) groups is 1. The maximum Gasteiger partial charge on any atom is 0.336 e. The van der Waals surface area contributed by atoms with Crippen molar-refractivity contribution in [1.82, 2.24) is 0 Å². The van der Waals surface area contributed by atoms with Gasteiger partial charge in [0.15, 0.2) is 0 Å². The molecule has 0 rings (SSSR count). The number of aliphatic hydroxyl groups excluding tert-OH is 1. The van der Waals surface area contributed by atoms with Gasteiger partial charge in [0.2, 0.25) is 0 Å². The molecule has 56 valence electrons. The van der Waals surface area contributed by atoms with Gasteiger partial charge in [-0.2, -0.15) is 0 Å². The van der Waals surface area contributed by atoms with Gasteiger partial charge in [-0.1, -0.05) is 6.92 Å². The molecule has 0 aromatic carbocycles. The SMILES string of the molecule is CCC(O)C=C=CC(=O)O. The lowest BCUT2D eigenvalue weighted by atomic mass is 10.3. The minimum Gasteiger partial charge on any atom is -0.478 e. The first-order valence-corrected chi connectivity index (χ1v) is 3.00. The number of rotatable bonds is 3. The highest BCUT2D eigenvalue weighted by Crippen LogP contribution is 1.88. The van der Waals surface area contributed by atoms with Crippen LogP contribution in [-0.2, 0) is 4.79 Å². The van der Waals surface area contributed by atoms with Crippen LogP contribution in [0.25, 0.3) is 0 Å². The molecule has 0 aromatic rings. The summed E-state index contributed by atoms with van der Waals surface area (Å²) in [6, 6.07) is 0. The van der Waals surface area contributed by atoms with Crippen molar-refractivity contribution in [2.75, 3.05) is 0 Å². The Hall–Kier alpha value is -1.05. The summed E-state index contributed by atoms with van der Waals surface area (Å²) in [5, 5.41) is 16.9. The van der Waals surface area contributed by atoms with Crippen LogP contribution in [0.2, 0.25) is 0 Å². The summed E-state index contributed by atoms with van der Waals surface area (Å²) in [5.41, 5.74) is 2.34. The second kappa shape index (κ2) is 4.79. The second-order valence-electron chi connectivity index (χ2n) is 1.79. The largest absolute Gasteiger partial charge is 0.478 e. The molecule has 0 fully saturated rings. The lowest BCUT2D eigenvalue weighted by molar-refractivity contribution is -0.131. The molecule has 0 bridgehead atoms. The smallest absolute Gasteiger partial charge is 0.336 e. The summed E-state index contributed by atoms with van der Waals surface area (Å²) >= 11 is 0. The highest BCUT2D eigenvalue weighted by molar-refractivity contribution is 5.79. The molecule has 0 saturated heterocycles. The van der Waals surface area contributed by atoms with E-state index >= 15 is 0 Å². The fourth-order valence-corrected chi connectivity index (χ4v) is 0.348. The van der Waals surface area contributed by atoms with Crippen LogP contribution < -0.4 is 0 Å². The molecular weight excluding hydrogens is 132 g/mol. The van der Waals surface area contributed by atoms with E-state index in [0.717, 1.165) is 6.08 Å². The third-order valence-electron chi connectivity index (χ3n) is 0.914.